The van der Waals surface area contributed by atoms with Crippen LogP contribution in [0.25, 0.3) is 5.70 Å². The summed E-state index contributed by atoms with van der Waals surface area (Å²) in [5.74, 6) is 0. The molecular formula is C13H17N. The third-order valence-corrected chi connectivity index (χ3v) is 2.79. The molecule has 74 valence electrons. The summed E-state index contributed by atoms with van der Waals surface area (Å²) in [6, 6.07) is 10.7. The Kier molecular flexibility index (Phi) is 2.87. The van der Waals surface area contributed by atoms with Crippen LogP contribution in [0.3, 0.4) is 0 Å². The molecule has 0 bridgehead atoms. The minimum absolute atomic E-state index is 1.22. The Balaban J connectivity index is 2.22. The average molecular weight is 187 g/mol. The molecule has 1 aliphatic rings. The van der Waals surface area contributed by atoms with Gasteiger partial charge in [-0.25, -0.2) is 0 Å². The molecule has 1 aromatic rings. The van der Waals surface area contributed by atoms with E-state index in [2.05, 4.69) is 48.2 Å². The maximum Gasteiger partial charge on any atom is 0.0396 e. The molecule has 0 unspecified atom stereocenters. The highest BCUT2D eigenvalue weighted by molar-refractivity contribution is 5.63. The monoisotopic (exact) mass is 187 g/mol. The fourth-order valence-corrected chi connectivity index (χ4v) is 2.10. The Morgan fingerprint density at radius 3 is 2.36 bits per heavy atom. The molecule has 0 aromatic heterocycles. The lowest BCUT2D eigenvalue weighted by Crippen LogP contribution is -2.17. The first-order valence-electron chi connectivity index (χ1n) is 5.38. The second-order valence-electron chi connectivity index (χ2n) is 3.73. The van der Waals surface area contributed by atoms with Crippen LogP contribution >= 0.6 is 0 Å². The average Bonchev–Trinajstić information content (AvgIpc) is 2.74. The van der Waals surface area contributed by atoms with E-state index in [4.69, 9.17) is 0 Å². The first-order chi connectivity index (χ1) is 6.92. The Bertz CT molecular complexity index is 307. The molecule has 1 aliphatic heterocycles. The van der Waals surface area contributed by atoms with E-state index in [1.807, 2.05) is 0 Å². The van der Waals surface area contributed by atoms with Crippen LogP contribution in [0.5, 0.6) is 0 Å². The zero-order valence-corrected chi connectivity index (χ0v) is 8.74. The summed E-state index contributed by atoms with van der Waals surface area (Å²) in [6.45, 7) is 4.56. The van der Waals surface area contributed by atoms with Crippen LogP contribution in [0.15, 0.2) is 36.4 Å². The van der Waals surface area contributed by atoms with Gasteiger partial charge in [-0.15, -0.1) is 0 Å². The molecule has 1 heterocycles. The predicted octanol–water partition coefficient (Wildman–Crippen LogP) is 3.14. The molecule has 0 spiro atoms. The topological polar surface area (TPSA) is 3.24 Å². The van der Waals surface area contributed by atoms with Crippen LogP contribution in [0, 0.1) is 0 Å². The number of nitrogens with zero attached hydrogens (tertiary/aromatic N) is 1. The minimum Gasteiger partial charge on any atom is -0.371 e. The molecule has 0 atom stereocenters. The molecule has 2 rings (SSSR count). The third-order valence-electron chi connectivity index (χ3n) is 2.79. The van der Waals surface area contributed by atoms with Gasteiger partial charge in [-0.3, -0.25) is 0 Å². The molecule has 0 radical (unpaired) electrons. The molecule has 1 heteroatoms. The van der Waals surface area contributed by atoms with Gasteiger partial charge < -0.3 is 4.90 Å². The van der Waals surface area contributed by atoms with E-state index in [9.17, 15) is 0 Å². The lowest BCUT2D eigenvalue weighted by molar-refractivity contribution is 0.492. The molecule has 0 amide bonds. The van der Waals surface area contributed by atoms with E-state index in [0.717, 1.165) is 0 Å². The molecule has 1 nitrogen and oxygen atoms in total. The Labute approximate surface area is 86.1 Å². The summed E-state index contributed by atoms with van der Waals surface area (Å²) in [4.78, 5) is 2.48. The van der Waals surface area contributed by atoms with Gasteiger partial charge in [0, 0.05) is 18.8 Å². The van der Waals surface area contributed by atoms with E-state index < -0.39 is 0 Å². The largest absolute Gasteiger partial charge is 0.371 e. The van der Waals surface area contributed by atoms with Gasteiger partial charge in [-0.1, -0.05) is 36.4 Å². The van der Waals surface area contributed by atoms with Crippen LogP contribution in [-0.2, 0) is 0 Å². The lowest BCUT2D eigenvalue weighted by atomic mass is 10.1. The van der Waals surface area contributed by atoms with Crippen molar-refractivity contribution in [2.45, 2.75) is 19.8 Å². The summed E-state index contributed by atoms with van der Waals surface area (Å²) in [5.41, 5.74) is 2.74. The van der Waals surface area contributed by atoms with Crippen LogP contribution in [0.1, 0.15) is 25.3 Å². The van der Waals surface area contributed by atoms with Gasteiger partial charge in [-0.2, -0.15) is 0 Å². The molecule has 1 aromatic carbocycles. The SMILES string of the molecule is C/C=C(\c1ccccc1)N1CCCC1. The first-order valence-corrected chi connectivity index (χ1v) is 5.38. The summed E-state index contributed by atoms with van der Waals surface area (Å²) >= 11 is 0. The third kappa shape index (κ3) is 1.82. The number of rotatable bonds is 2. The number of benzene rings is 1. The molecular weight excluding hydrogens is 170 g/mol. The number of hydrogen-bond acceptors (Lipinski definition) is 1. The van der Waals surface area contributed by atoms with E-state index in [1.54, 1.807) is 0 Å². The van der Waals surface area contributed by atoms with Crippen LogP contribution in [0.2, 0.25) is 0 Å². The molecule has 1 saturated heterocycles. The summed E-state index contributed by atoms with van der Waals surface area (Å²) in [6.07, 6.45) is 4.90. The highest BCUT2D eigenvalue weighted by Gasteiger charge is 2.14. The highest BCUT2D eigenvalue weighted by Crippen LogP contribution is 2.23. The van der Waals surface area contributed by atoms with Crippen molar-refractivity contribution in [1.29, 1.82) is 0 Å². The van der Waals surface area contributed by atoms with Crippen LogP contribution in [-0.4, -0.2) is 18.0 Å². The van der Waals surface area contributed by atoms with Gasteiger partial charge in [0.2, 0.25) is 0 Å². The van der Waals surface area contributed by atoms with Crippen molar-refractivity contribution >= 4 is 5.70 Å². The van der Waals surface area contributed by atoms with E-state index in [-0.39, 0.29) is 0 Å². The lowest BCUT2D eigenvalue weighted by Gasteiger charge is -2.21. The van der Waals surface area contributed by atoms with Gasteiger partial charge in [-0.05, 0) is 25.3 Å². The van der Waals surface area contributed by atoms with Crippen molar-refractivity contribution in [3.63, 3.8) is 0 Å². The quantitative estimate of drug-likeness (QED) is 0.687. The Morgan fingerprint density at radius 1 is 1.14 bits per heavy atom. The molecule has 14 heavy (non-hydrogen) atoms. The van der Waals surface area contributed by atoms with Crippen molar-refractivity contribution in [1.82, 2.24) is 4.90 Å². The number of hydrogen-bond donors (Lipinski definition) is 0. The molecule has 0 aliphatic carbocycles. The normalized spacial score (nSPS) is 17.5. The second-order valence-corrected chi connectivity index (χ2v) is 3.73. The summed E-state index contributed by atoms with van der Waals surface area (Å²) in [5, 5.41) is 0. The van der Waals surface area contributed by atoms with Crippen LogP contribution < -0.4 is 0 Å². The van der Waals surface area contributed by atoms with Gasteiger partial charge >= 0.3 is 0 Å². The maximum absolute atomic E-state index is 2.48. The van der Waals surface area contributed by atoms with E-state index in [1.165, 1.54) is 37.2 Å². The zero-order chi connectivity index (χ0) is 9.80. The van der Waals surface area contributed by atoms with Crippen molar-refractivity contribution in [2.24, 2.45) is 0 Å². The van der Waals surface area contributed by atoms with Crippen molar-refractivity contribution in [3.8, 4) is 0 Å². The van der Waals surface area contributed by atoms with Gasteiger partial charge in [0.25, 0.3) is 0 Å². The van der Waals surface area contributed by atoms with Gasteiger partial charge in [0.05, 0.1) is 0 Å². The van der Waals surface area contributed by atoms with Crippen molar-refractivity contribution in [2.75, 3.05) is 13.1 Å². The van der Waals surface area contributed by atoms with Gasteiger partial charge in [0.15, 0.2) is 0 Å². The van der Waals surface area contributed by atoms with E-state index >= 15 is 0 Å². The van der Waals surface area contributed by atoms with Crippen molar-refractivity contribution < 1.29 is 0 Å². The minimum atomic E-state index is 1.22. The predicted molar refractivity (Wildman–Crippen MR) is 60.9 cm³/mol. The second kappa shape index (κ2) is 4.32. The maximum atomic E-state index is 2.48. The van der Waals surface area contributed by atoms with Crippen molar-refractivity contribution in [3.05, 3.63) is 42.0 Å². The first kappa shape index (κ1) is 9.32. The fraction of sp³-hybridized carbons (Fsp3) is 0.385. The van der Waals surface area contributed by atoms with Gasteiger partial charge in [0.1, 0.15) is 0 Å². The molecule has 0 N–H and O–H groups in total. The molecule has 1 fully saturated rings. The Morgan fingerprint density at radius 2 is 1.79 bits per heavy atom. The molecule has 0 saturated carbocycles. The Hall–Kier alpha value is -1.24. The standard InChI is InChI=1S/C13H17N/c1-2-13(14-10-6-7-11-14)12-8-4-3-5-9-12/h2-5,8-9H,6-7,10-11H2,1H3/b13-2+. The number of likely N-dealkylation sites (tertiary alicyclic amines) is 1. The summed E-state index contributed by atoms with van der Waals surface area (Å²) < 4.78 is 0. The highest BCUT2D eigenvalue weighted by atomic mass is 15.1. The number of allylic oxidation sites excluding steroid dienone is 1. The van der Waals surface area contributed by atoms with E-state index in [0.29, 0.717) is 0 Å². The van der Waals surface area contributed by atoms with Crippen LogP contribution in [0.4, 0.5) is 0 Å². The fourth-order valence-electron chi connectivity index (χ4n) is 2.10. The zero-order valence-electron chi connectivity index (χ0n) is 8.74. The summed E-state index contributed by atoms with van der Waals surface area (Å²) in [7, 11) is 0. The smallest absolute Gasteiger partial charge is 0.0396 e.